The minimum Gasteiger partial charge on any atom is -0.322 e. The van der Waals surface area contributed by atoms with Crippen LogP contribution in [0.1, 0.15) is 49.9 Å². The van der Waals surface area contributed by atoms with Crippen molar-refractivity contribution in [3.05, 3.63) is 64.9 Å². The summed E-state index contributed by atoms with van der Waals surface area (Å²) in [6, 6.07) is 17.3. The minimum atomic E-state index is 0.646. The standard InChI is InChI=1S/C24H28ClN3/c25-20-10-8-17(9-11-20)16-28-23-7-2-1-6-22(23)27-24(28)15-26-21-13-18-4-3-5-19(12-18)14-21/h1-2,6-11,18-19,21,26H,3-5,12-16H2. The van der Waals surface area contributed by atoms with Crippen molar-refractivity contribution in [2.45, 2.75) is 57.7 Å². The molecule has 1 N–H and O–H groups in total. The van der Waals surface area contributed by atoms with E-state index >= 15 is 0 Å². The Morgan fingerprint density at radius 1 is 0.964 bits per heavy atom. The molecule has 0 radical (unpaired) electrons. The zero-order chi connectivity index (χ0) is 18.9. The highest BCUT2D eigenvalue weighted by Gasteiger charge is 2.31. The van der Waals surface area contributed by atoms with Crippen LogP contribution in [0.15, 0.2) is 48.5 Å². The van der Waals surface area contributed by atoms with Crippen LogP contribution in [0.5, 0.6) is 0 Å². The molecule has 5 rings (SSSR count). The molecule has 3 nitrogen and oxygen atoms in total. The Balaban J connectivity index is 1.37. The van der Waals surface area contributed by atoms with E-state index in [-0.39, 0.29) is 0 Å². The quantitative estimate of drug-likeness (QED) is 0.593. The first-order valence-corrected chi connectivity index (χ1v) is 11.0. The van der Waals surface area contributed by atoms with E-state index in [9.17, 15) is 0 Å². The number of imidazole rings is 1. The molecule has 2 saturated carbocycles. The number of nitrogens with one attached hydrogen (secondary N) is 1. The van der Waals surface area contributed by atoms with Gasteiger partial charge >= 0.3 is 0 Å². The molecule has 2 aromatic carbocycles. The second-order valence-corrected chi connectivity index (χ2v) is 9.11. The first kappa shape index (κ1) is 18.2. The SMILES string of the molecule is Clc1ccc(Cn2c(CNC3CC4CCCC(C4)C3)nc3ccccc32)cc1. The monoisotopic (exact) mass is 393 g/mol. The molecule has 1 heterocycles. The van der Waals surface area contributed by atoms with Gasteiger partial charge < -0.3 is 9.88 Å². The summed E-state index contributed by atoms with van der Waals surface area (Å²) >= 11 is 6.07. The first-order chi connectivity index (χ1) is 13.7. The molecule has 2 aliphatic rings. The summed E-state index contributed by atoms with van der Waals surface area (Å²) in [4.78, 5) is 4.96. The normalized spacial score (nSPS) is 24.5. The van der Waals surface area contributed by atoms with Crippen molar-refractivity contribution in [3.8, 4) is 0 Å². The lowest BCUT2D eigenvalue weighted by Crippen LogP contribution is -2.39. The molecule has 0 spiro atoms. The largest absolute Gasteiger partial charge is 0.322 e. The van der Waals surface area contributed by atoms with Crippen molar-refractivity contribution in [1.82, 2.24) is 14.9 Å². The highest BCUT2D eigenvalue weighted by atomic mass is 35.5. The summed E-state index contributed by atoms with van der Waals surface area (Å²) in [6.45, 7) is 1.66. The lowest BCUT2D eigenvalue weighted by atomic mass is 9.70. The van der Waals surface area contributed by atoms with Crippen LogP contribution in [-0.2, 0) is 13.1 Å². The highest BCUT2D eigenvalue weighted by molar-refractivity contribution is 6.30. The van der Waals surface area contributed by atoms with Gasteiger partial charge in [-0.25, -0.2) is 4.98 Å². The molecular formula is C24H28ClN3. The number of benzene rings is 2. The van der Waals surface area contributed by atoms with E-state index in [2.05, 4.69) is 46.3 Å². The van der Waals surface area contributed by atoms with E-state index in [4.69, 9.17) is 16.6 Å². The van der Waals surface area contributed by atoms with Crippen LogP contribution in [0.3, 0.4) is 0 Å². The summed E-state index contributed by atoms with van der Waals surface area (Å²) in [5.74, 6) is 3.02. The fraction of sp³-hybridized carbons (Fsp3) is 0.458. The van der Waals surface area contributed by atoms with Crippen LogP contribution >= 0.6 is 11.6 Å². The second-order valence-electron chi connectivity index (χ2n) is 8.68. The van der Waals surface area contributed by atoms with Crippen LogP contribution in [0, 0.1) is 11.8 Å². The first-order valence-electron chi connectivity index (χ1n) is 10.7. The number of para-hydroxylation sites is 2. The Labute approximate surface area is 172 Å². The van der Waals surface area contributed by atoms with E-state index in [0.717, 1.165) is 41.3 Å². The summed E-state index contributed by atoms with van der Waals surface area (Å²) in [5, 5.41) is 4.64. The average Bonchev–Trinajstić information content (AvgIpc) is 3.05. The fourth-order valence-electron chi connectivity index (χ4n) is 5.34. The molecule has 0 saturated heterocycles. The molecule has 1 aromatic heterocycles. The van der Waals surface area contributed by atoms with Gasteiger partial charge in [0, 0.05) is 17.6 Å². The third-order valence-electron chi connectivity index (χ3n) is 6.66. The average molecular weight is 394 g/mol. The van der Waals surface area contributed by atoms with Gasteiger partial charge in [-0.2, -0.15) is 0 Å². The van der Waals surface area contributed by atoms with Gasteiger partial charge in [-0.3, -0.25) is 0 Å². The van der Waals surface area contributed by atoms with Crippen LogP contribution in [0.4, 0.5) is 0 Å². The van der Waals surface area contributed by atoms with Crippen molar-refractivity contribution in [2.75, 3.05) is 0 Å². The summed E-state index contributed by atoms with van der Waals surface area (Å²) < 4.78 is 2.36. The van der Waals surface area contributed by atoms with Gasteiger partial charge in [-0.05, 0) is 60.9 Å². The number of hydrogen-bond donors (Lipinski definition) is 1. The molecule has 2 fully saturated rings. The van der Waals surface area contributed by atoms with Crippen molar-refractivity contribution in [1.29, 1.82) is 0 Å². The molecule has 146 valence electrons. The predicted molar refractivity (Wildman–Crippen MR) is 116 cm³/mol. The lowest BCUT2D eigenvalue weighted by Gasteiger charge is -2.39. The van der Waals surface area contributed by atoms with Crippen molar-refractivity contribution < 1.29 is 0 Å². The molecular weight excluding hydrogens is 366 g/mol. The number of halogens is 1. The maximum absolute atomic E-state index is 6.07. The number of fused-ring (bicyclic) bond motifs is 3. The van der Waals surface area contributed by atoms with Gasteiger partial charge in [-0.1, -0.05) is 55.1 Å². The molecule has 2 atom stereocenters. The van der Waals surface area contributed by atoms with Crippen LogP contribution < -0.4 is 5.32 Å². The van der Waals surface area contributed by atoms with Gasteiger partial charge in [0.05, 0.1) is 17.6 Å². The Hall–Kier alpha value is -1.84. The fourth-order valence-corrected chi connectivity index (χ4v) is 5.47. The second kappa shape index (κ2) is 7.88. The van der Waals surface area contributed by atoms with E-state index < -0.39 is 0 Å². The van der Waals surface area contributed by atoms with Crippen molar-refractivity contribution in [2.24, 2.45) is 11.8 Å². The molecule has 0 amide bonds. The van der Waals surface area contributed by atoms with Gasteiger partial charge in [-0.15, -0.1) is 0 Å². The van der Waals surface area contributed by atoms with E-state index in [1.807, 2.05) is 12.1 Å². The molecule has 2 unspecified atom stereocenters. The summed E-state index contributed by atoms with van der Waals surface area (Å²) in [6.07, 6.45) is 8.46. The van der Waals surface area contributed by atoms with Crippen LogP contribution in [0.25, 0.3) is 11.0 Å². The van der Waals surface area contributed by atoms with Gasteiger partial charge in [0.1, 0.15) is 5.82 Å². The number of aromatic nitrogens is 2. The Kier molecular flexibility index (Phi) is 5.13. The highest BCUT2D eigenvalue weighted by Crippen LogP contribution is 2.39. The molecule has 4 heteroatoms. The number of nitrogens with zero attached hydrogens (tertiary/aromatic N) is 2. The Bertz CT molecular complexity index is 934. The van der Waals surface area contributed by atoms with Crippen LogP contribution in [-0.4, -0.2) is 15.6 Å². The van der Waals surface area contributed by atoms with E-state index in [1.165, 1.54) is 49.6 Å². The molecule has 0 aliphatic heterocycles. The van der Waals surface area contributed by atoms with Crippen molar-refractivity contribution >= 4 is 22.6 Å². The maximum atomic E-state index is 6.07. The third-order valence-corrected chi connectivity index (χ3v) is 6.92. The Morgan fingerprint density at radius 3 is 2.50 bits per heavy atom. The lowest BCUT2D eigenvalue weighted by molar-refractivity contribution is 0.153. The van der Waals surface area contributed by atoms with Crippen LogP contribution in [0.2, 0.25) is 5.02 Å². The molecule has 28 heavy (non-hydrogen) atoms. The predicted octanol–water partition coefficient (Wildman–Crippen LogP) is 5.80. The smallest absolute Gasteiger partial charge is 0.124 e. The van der Waals surface area contributed by atoms with Crippen molar-refractivity contribution in [3.63, 3.8) is 0 Å². The van der Waals surface area contributed by atoms with Gasteiger partial charge in [0.25, 0.3) is 0 Å². The van der Waals surface area contributed by atoms with E-state index in [0.29, 0.717) is 6.04 Å². The number of hydrogen-bond acceptors (Lipinski definition) is 2. The minimum absolute atomic E-state index is 0.646. The van der Waals surface area contributed by atoms with Gasteiger partial charge in [0.15, 0.2) is 0 Å². The molecule has 3 aromatic rings. The number of rotatable bonds is 5. The molecule has 2 bridgehead atoms. The summed E-state index contributed by atoms with van der Waals surface area (Å²) in [5.41, 5.74) is 3.53. The van der Waals surface area contributed by atoms with Gasteiger partial charge in [0.2, 0.25) is 0 Å². The third kappa shape index (κ3) is 3.83. The Morgan fingerprint density at radius 2 is 1.71 bits per heavy atom. The summed E-state index contributed by atoms with van der Waals surface area (Å²) in [7, 11) is 0. The topological polar surface area (TPSA) is 29.9 Å². The molecule has 2 aliphatic carbocycles. The zero-order valence-electron chi connectivity index (χ0n) is 16.3. The van der Waals surface area contributed by atoms with E-state index in [1.54, 1.807) is 0 Å². The maximum Gasteiger partial charge on any atom is 0.124 e. The zero-order valence-corrected chi connectivity index (χ0v) is 17.0.